The zero-order chi connectivity index (χ0) is 64.8. The first kappa shape index (κ1) is 66.9. The normalized spacial score (nSPS) is 16.0. The van der Waals surface area contributed by atoms with Crippen LogP contribution in [0.3, 0.4) is 0 Å². The number of aromatic nitrogens is 4. The number of fused-ring (bicyclic) bond motifs is 4. The molecule has 0 radical (unpaired) electrons. The second-order valence-corrected chi connectivity index (χ2v) is 25.5. The largest absolute Gasteiger partial charge is 1.00 e. The van der Waals surface area contributed by atoms with Gasteiger partial charge in [0, 0.05) is 130 Å². The fourth-order valence-corrected chi connectivity index (χ4v) is 13.1. The minimum absolute atomic E-state index is 0. The van der Waals surface area contributed by atoms with Gasteiger partial charge in [-0.15, -0.1) is 0 Å². The molecular weight excluding hydrogens is 1330 g/mol. The molecule has 4 aromatic heterocycles. The third-order valence-electron chi connectivity index (χ3n) is 17.4. The van der Waals surface area contributed by atoms with Crippen LogP contribution in [-0.4, -0.2) is 117 Å². The van der Waals surface area contributed by atoms with Gasteiger partial charge < -0.3 is 63.1 Å². The Balaban J connectivity index is 0.000000136. The van der Waals surface area contributed by atoms with Crippen LogP contribution in [0.25, 0.3) is 43.1 Å². The first-order chi connectivity index (χ1) is 44.3. The first-order valence-corrected chi connectivity index (χ1v) is 31.4. The van der Waals surface area contributed by atoms with Gasteiger partial charge in [-0.2, -0.15) is 0 Å². The lowest BCUT2D eigenvalue weighted by atomic mass is 9.95. The van der Waals surface area contributed by atoms with Gasteiger partial charge in [0.2, 0.25) is 0 Å². The van der Waals surface area contributed by atoms with Crippen LogP contribution >= 0.6 is 23.2 Å². The number of hydrogen-bond donors (Lipinski definition) is 4. The lowest BCUT2D eigenvalue weighted by molar-refractivity contribution is -0.883. The molecule has 0 aliphatic carbocycles. The van der Waals surface area contributed by atoms with Crippen molar-refractivity contribution in [2.24, 2.45) is 0 Å². The van der Waals surface area contributed by atoms with Crippen molar-refractivity contribution in [1.82, 2.24) is 34.6 Å². The molecule has 3 aliphatic heterocycles. The predicted molar refractivity (Wildman–Crippen MR) is 364 cm³/mol. The summed E-state index contributed by atoms with van der Waals surface area (Å²) in [5.74, 6) is 0.294. The Morgan fingerprint density at radius 2 is 0.796 bits per heavy atom. The van der Waals surface area contributed by atoms with E-state index >= 15 is 0 Å². The molecule has 476 valence electrons. The number of carbonyl (C=O) groups is 3. The van der Waals surface area contributed by atoms with E-state index in [2.05, 4.69) is 41.1 Å². The van der Waals surface area contributed by atoms with Crippen molar-refractivity contribution < 1.29 is 47.2 Å². The van der Waals surface area contributed by atoms with Crippen molar-refractivity contribution in [3.05, 3.63) is 290 Å². The van der Waals surface area contributed by atoms with Crippen LogP contribution in [0.4, 0.5) is 4.39 Å². The van der Waals surface area contributed by atoms with Gasteiger partial charge in [-0.05, 0) is 143 Å². The molecule has 7 heterocycles. The highest BCUT2D eigenvalue weighted by Gasteiger charge is 2.32. The van der Waals surface area contributed by atoms with E-state index in [0.717, 1.165) is 86.3 Å². The number of carbonyl (C=O) groups excluding carboxylic acids is 3. The number of H-pyrrole nitrogens is 4. The Kier molecular flexibility index (Phi) is 21.1. The zero-order valence-electron chi connectivity index (χ0n) is 51.9. The van der Waals surface area contributed by atoms with E-state index in [1.54, 1.807) is 36.7 Å². The number of nitrogens with one attached hydrogen (secondary N) is 4. The Labute approximate surface area is 563 Å². The lowest BCUT2D eigenvalue weighted by Crippen LogP contribution is -3.00. The molecule has 7 aromatic carbocycles. The molecular formula is C74H70Cl2FIN8O7. The highest BCUT2D eigenvalue weighted by molar-refractivity contribution is 6.31. The Morgan fingerprint density at radius 3 is 1.22 bits per heavy atom. The van der Waals surface area contributed by atoms with Crippen LogP contribution in [0.5, 0.6) is 0 Å². The lowest BCUT2D eigenvalue weighted by Gasteiger charge is -2.25. The summed E-state index contributed by atoms with van der Waals surface area (Å²) >= 11 is 12.0. The molecule has 0 spiro atoms. The molecule has 3 fully saturated rings. The molecule has 3 saturated heterocycles. The van der Waals surface area contributed by atoms with Crippen LogP contribution < -0.4 is 46.2 Å². The highest BCUT2D eigenvalue weighted by atomic mass is 127. The molecule has 4 N–H and O–H groups in total. The molecule has 11 aromatic rings. The van der Waals surface area contributed by atoms with Crippen molar-refractivity contribution in [3.8, 4) is 0 Å². The first-order valence-electron chi connectivity index (χ1n) is 30.6. The van der Waals surface area contributed by atoms with Crippen LogP contribution in [0.15, 0.2) is 208 Å². The van der Waals surface area contributed by atoms with Gasteiger partial charge in [0.25, 0.3) is 40.0 Å². The van der Waals surface area contributed by atoms with Crippen LogP contribution in [0, 0.1) is 12.7 Å². The molecule has 0 saturated carbocycles. The summed E-state index contributed by atoms with van der Waals surface area (Å²) in [5, 5.41) is 7.10. The summed E-state index contributed by atoms with van der Waals surface area (Å²) < 4.78 is 14.3. The Hall–Kier alpha value is -9.01. The van der Waals surface area contributed by atoms with Crippen molar-refractivity contribution in [2.45, 2.75) is 50.5 Å². The fraction of sp³-hybridized carbons (Fsp3) is 0.230. The number of amides is 3. The van der Waals surface area contributed by atoms with Crippen LogP contribution in [0.2, 0.25) is 10.0 Å². The molecule has 0 bridgehead atoms. The van der Waals surface area contributed by atoms with Gasteiger partial charge in [0.05, 0.1) is 26.5 Å². The van der Waals surface area contributed by atoms with Gasteiger partial charge >= 0.3 is 0 Å². The number of pyridine rings is 4. The van der Waals surface area contributed by atoms with E-state index in [1.807, 2.05) is 161 Å². The number of rotatable bonds is 8. The standard InChI is InChI=1S/C20H17ClN2O2.C20H17FN2O2.C20H18N2O2.C14H17ClN2O.HI/c2*21-15-6-7-16-17(10-15)19(24)22-11-18(16)14-8-9-23(12-14)20(25)13-4-2-1-3-5-13;23-19-17-9-5-4-8-16(17)18(12-21-19)15-10-11-22(13-15)20(24)14-6-2-1-3-7-14;1-9-13(8-17(2,3)4)11-6-5-10(15)7-12(11)14(18)16-9;/h2*1-7,10-11,14H,8-9,12H2,(H,22,24);1-9,12,15H,10-11,13H2,(H,21,23);5-7H,8H2,1-4H3;1H. The van der Waals surface area contributed by atoms with Gasteiger partial charge in [0.15, 0.2) is 0 Å². The second-order valence-electron chi connectivity index (χ2n) is 24.6. The molecule has 3 aliphatic rings. The summed E-state index contributed by atoms with van der Waals surface area (Å²) in [6.45, 7) is 6.85. The van der Waals surface area contributed by atoms with Gasteiger partial charge in [-0.3, -0.25) is 33.6 Å². The highest BCUT2D eigenvalue weighted by Crippen LogP contribution is 2.35. The monoisotopic (exact) mass is 1400 g/mol. The molecule has 15 nitrogen and oxygen atoms in total. The summed E-state index contributed by atoms with van der Waals surface area (Å²) in [6, 6.07) is 50.8. The predicted octanol–water partition coefficient (Wildman–Crippen LogP) is 9.97. The van der Waals surface area contributed by atoms with E-state index < -0.39 is 5.82 Å². The number of benzene rings is 7. The minimum atomic E-state index is -0.428. The maximum Gasteiger partial charge on any atom is 0.256 e. The number of likely N-dealkylation sites (tertiary alicyclic amines) is 3. The molecule has 19 heteroatoms. The Morgan fingerprint density at radius 1 is 0.452 bits per heavy atom. The van der Waals surface area contributed by atoms with Gasteiger partial charge in [0.1, 0.15) is 12.4 Å². The summed E-state index contributed by atoms with van der Waals surface area (Å²) in [4.78, 5) is 103. The van der Waals surface area contributed by atoms with Crippen molar-refractivity contribution in [1.29, 1.82) is 0 Å². The molecule has 3 unspecified atom stereocenters. The average Bonchev–Trinajstić information content (AvgIpc) is 1.79. The summed E-state index contributed by atoms with van der Waals surface area (Å²) in [5.41, 5.74) is 6.78. The smallest absolute Gasteiger partial charge is 0.256 e. The molecule has 14 rings (SSSR count). The van der Waals surface area contributed by atoms with Crippen LogP contribution in [0.1, 0.15) is 96.0 Å². The summed E-state index contributed by atoms with van der Waals surface area (Å²) in [7, 11) is 6.39. The molecule has 3 amide bonds. The van der Waals surface area contributed by atoms with E-state index in [0.29, 0.717) is 75.4 Å². The third-order valence-corrected chi connectivity index (χ3v) is 17.8. The number of quaternary nitrogens is 1. The quantitative estimate of drug-likeness (QED) is 0.0859. The maximum atomic E-state index is 13.5. The molecule has 93 heavy (non-hydrogen) atoms. The van der Waals surface area contributed by atoms with Crippen molar-refractivity contribution >= 4 is 84.0 Å². The Bertz CT molecular complexity index is 4650. The van der Waals surface area contributed by atoms with E-state index in [-0.39, 0.29) is 81.7 Å². The van der Waals surface area contributed by atoms with Crippen molar-refractivity contribution in [2.75, 3.05) is 60.4 Å². The maximum absolute atomic E-state index is 13.5. The zero-order valence-corrected chi connectivity index (χ0v) is 55.5. The third kappa shape index (κ3) is 15.4. The topological polar surface area (TPSA) is 192 Å². The van der Waals surface area contributed by atoms with Gasteiger partial charge in [-0.1, -0.05) is 114 Å². The van der Waals surface area contributed by atoms with Crippen LogP contribution in [-0.2, 0) is 6.54 Å². The number of aromatic amines is 4. The van der Waals surface area contributed by atoms with Crippen molar-refractivity contribution in [3.63, 3.8) is 0 Å². The second kappa shape index (κ2) is 29.3. The minimum Gasteiger partial charge on any atom is -1.00 e. The number of aryl methyl sites for hydroxylation is 1. The number of nitrogens with zero attached hydrogens (tertiary/aromatic N) is 4. The molecule has 3 atom stereocenters. The number of hydrogen-bond acceptors (Lipinski definition) is 7. The van der Waals surface area contributed by atoms with Gasteiger partial charge in [-0.25, -0.2) is 4.39 Å². The fourth-order valence-electron chi connectivity index (χ4n) is 12.8. The van der Waals surface area contributed by atoms with E-state index in [1.165, 1.54) is 17.7 Å². The average molecular weight is 1400 g/mol. The SMILES string of the molecule is Cc1[nH]c(=O)c2cc(Cl)ccc2c1C[N+](C)(C)C.O=C(c1ccccc1)N1CCC(c2c[nH]c(=O)c3cc(Cl)ccc23)C1.O=C(c1ccccc1)N1CCC(c2c[nH]c(=O)c3cc(F)ccc23)C1.O=C(c1ccccc1)N1CCC(c2c[nH]c(=O)c3ccccc23)C1.[I-]. The summed E-state index contributed by atoms with van der Waals surface area (Å²) in [6.07, 6.45) is 7.89. The van der Waals surface area contributed by atoms with E-state index in [9.17, 15) is 38.0 Å². The number of halogens is 4. The van der Waals surface area contributed by atoms with E-state index in [4.69, 9.17) is 23.2 Å².